The number of nitrogens with one attached hydrogen (secondary N) is 1. The standard InChI is InChI=1S/C13H8Cl2N2O4/c14-7-4-5-8(9(15)6-7)13(19)16-12-10(17(20)21)2-1-3-11(12)18/h1-6,18H,(H,16,19). The predicted molar refractivity (Wildman–Crippen MR) is 79.2 cm³/mol. The predicted octanol–water partition coefficient (Wildman–Crippen LogP) is 3.86. The first-order valence-electron chi connectivity index (χ1n) is 5.63. The molecule has 0 saturated heterocycles. The maximum absolute atomic E-state index is 12.1. The van der Waals surface area contributed by atoms with Gasteiger partial charge in [0.1, 0.15) is 5.75 Å². The Balaban J connectivity index is 2.38. The van der Waals surface area contributed by atoms with E-state index in [1.165, 1.54) is 36.4 Å². The number of aromatic hydroxyl groups is 1. The second-order valence-corrected chi connectivity index (χ2v) is 4.85. The number of hydrogen-bond acceptors (Lipinski definition) is 4. The van der Waals surface area contributed by atoms with Gasteiger partial charge in [-0.2, -0.15) is 0 Å². The number of benzene rings is 2. The average molecular weight is 327 g/mol. The third-order valence-corrected chi connectivity index (χ3v) is 3.18. The number of nitrogens with zero attached hydrogens (tertiary/aromatic N) is 1. The molecular weight excluding hydrogens is 319 g/mol. The Bertz CT molecular complexity index is 734. The van der Waals surface area contributed by atoms with Crippen molar-refractivity contribution in [3.8, 4) is 5.75 Å². The molecule has 2 N–H and O–H groups in total. The van der Waals surface area contributed by atoms with E-state index in [0.29, 0.717) is 5.02 Å². The third-order valence-electron chi connectivity index (χ3n) is 2.63. The van der Waals surface area contributed by atoms with Gasteiger partial charge in [0.2, 0.25) is 0 Å². The zero-order chi connectivity index (χ0) is 15.6. The Morgan fingerprint density at radius 3 is 2.57 bits per heavy atom. The van der Waals surface area contributed by atoms with Crippen LogP contribution in [-0.4, -0.2) is 15.9 Å². The van der Waals surface area contributed by atoms with Crippen LogP contribution in [0, 0.1) is 10.1 Å². The molecule has 8 heteroatoms. The highest BCUT2D eigenvalue weighted by Crippen LogP contribution is 2.34. The van der Waals surface area contributed by atoms with Gasteiger partial charge >= 0.3 is 0 Å². The molecule has 0 aromatic heterocycles. The summed E-state index contributed by atoms with van der Waals surface area (Å²) in [6.07, 6.45) is 0. The lowest BCUT2D eigenvalue weighted by Gasteiger charge is -2.09. The summed E-state index contributed by atoms with van der Waals surface area (Å²) in [7, 11) is 0. The number of phenolic OH excluding ortho intramolecular Hbond substituents is 1. The molecule has 0 radical (unpaired) electrons. The maximum Gasteiger partial charge on any atom is 0.296 e. The van der Waals surface area contributed by atoms with Crippen LogP contribution in [0.2, 0.25) is 10.0 Å². The van der Waals surface area contributed by atoms with E-state index in [1.54, 1.807) is 0 Å². The Labute approximate surface area is 129 Å². The van der Waals surface area contributed by atoms with Crippen LogP contribution < -0.4 is 5.32 Å². The number of hydrogen-bond donors (Lipinski definition) is 2. The fourth-order valence-electron chi connectivity index (χ4n) is 1.66. The molecule has 1 amide bonds. The number of anilines is 1. The molecule has 0 unspecified atom stereocenters. The second-order valence-electron chi connectivity index (χ2n) is 4.01. The van der Waals surface area contributed by atoms with Gasteiger partial charge in [-0.1, -0.05) is 29.3 Å². The van der Waals surface area contributed by atoms with E-state index >= 15 is 0 Å². The largest absolute Gasteiger partial charge is 0.505 e. The number of halogens is 2. The number of carbonyl (C=O) groups excluding carboxylic acids is 1. The summed E-state index contributed by atoms with van der Waals surface area (Å²) < 4.78 is 0. The molecule has 108 valence electrons. The Morgan fingerprint density at radius 2 is 1.95 bits per heavy atom. The van der Waals surface area contributed by atoms with Crippen molar-refractivity contribution in [2.75, 3.05) is 5.32 Å². The molecule has 0 bridgehead atoms. The van der Waals surface area contributed by atoms with Gasteiger partial charge in [-0.15, -0.1) is 0 Å². The van der Waals surface area contributed by atoms with Gasteiger partial charge in [0.15, 0.2) is 5.69 Å². The number of nitro groups is 1. The van der Waals surface area contributed by atoms with Crippen molar-refractivity contribution in [1.82, 2.24) is 0 Å². The van der Waals surface area contributed by atoms with Crippen LogP contribution in [0.5, 0.6) is 5.75 Å². The first-order chi connectivity index (χ1) is 9.90. The number of nitro benzene ring substituents is 1. The van der Waals surface area contributed by atoms with Gasteiger partial charge < -0.3 is 10.4 Å². The fraction of sp³-hybridized carbons (Fsp3) is 0. The summed E-state index contributed by atoms with van der Waals surface area (Å²) in [6.45, 7) is 0. The summed E-state index contributed by atoms with van der Waals surface area (Å²) in [5, 5.41) is 23.3. The van der Waals surface area contributed by atoms with Gasteiger partial charge in [-0.05, 0) is 24.3 Å². The van der Waals surface area contributed by atoms with Gasteiger partial charge in [-0.25, -0.2) is 0 Å². The van der Waals surface area contributed by atoms with Gasteiger partial charge in [-0.3, -0.25) is 14.9 Å². The van der Waals surface area contributed by atoms with E-state index in [4.69, 9.17) is 23.2 Å². The summed E-state index contributed by atoms with van der Waals surface area (Å²) >= 11 is 11.6. The first-order valence-corrected chi connectivity index (χ1v) is 6.38. The summed E-state index contributed by atoms with van der Waals surface area (Å²) in [4.78, 5) is 22.3. The Hall–Kier alpha value is -2.31. The quantitative estimate of drug-likeness (QED) is 0.508. The molecule has 2 aromatic rings. The minimum absolute atomic E-state index is 0.0821. The maximum atomic E-state index is 12.1. The molecule has 0 spiro atoms. The third kappa shape index (κ3) is 3.24. The van der Waals surface area contributed by atoms with Crippen LogP contribution in [-0.2, 0) is 0 Å². The van der Waals surface area contributed by atoms with Crippen LogP contribution in [0.1, 0.15) is 10.4 Å². The number of rotatable bonds is 3. The van der Waals surface area contributed by atoms with Gasteiger partial charge in [0.05, 0.1) is 15.5 Å². The summed E-state index contributed by atoms with van der Waals surface area (Å²) in [6, 6.07) is 7.91. The van der Waals surface area contributed by atoms with E-state index in [1.807, 2.05) is 0 Å². The molecule has 0 aliphatic rings. The van der Waals surface area contributed by atoms with Crippen LogP contribution in [0.15, 0.2) is 36.4 Å². The highest BCUT2D eigenvalue weighted by atomic mass is 35.5. The molecule has 21 heavy (non-hydrogen) atoms. The lowest BCUT2D eigenvalue weighted by atomic mass is 10.2. The molecule has 0 aliphatic heterocycles. The Kier molecular flexibility index (Phi) is 4.30. The minimum atomic E-state index is -0.710. The van der Waals surface area contributed by atoms with Crippen LogP contribution in [0.25, 0.3) is 0 Å². The normalized spacial score (nSPS) is 10.2. The van der Waals surface area contributed by atoms with Crippen LogP contribution in [0.3, 0.4) is 0 Å². The monoisotopic (exact) mass is 326 g/mol. The molecule has 0 aliphatic carbocycles. The summed E-state index contributed by atoms with van der Waals surface area (Å²) in [5.74, 6) is -1.11. The minimum Gasteiger partial charge on any atom is -0.505 e. The number of carbonyl (C=O) groups is 1. The van der Waals surface area contributed by atoms with E-state index in [2.05, 4.69) is 5.32 Å². The average Bonchev–Trinajstić information content (AvgIpc) is 2.40. The number of phenols is 1. The van der Waals surface area contributed by atoms with Gasteiger partial charge in [0, 0.05) is 11.1 Å². The SMILES string of the molecule is O=C(Nc1c(O)cccc1[N+](=O)[O-])c1ccc(Cl)cc1Cl. The molecule has 0 heterocycles. The molecule has 0 saturated carbocycles. The zero-order valence-corrected chi connectivity index (χ0v) is 11.9. The van der Waals surface area contributed by atoms with Gasteiger partial charge in [0.25, 0.3) is 11.6 Å². The van der Waals surface area contributed by atoms with Crippen molar-refractivity contribution in [3.05, 3.63) is 62.1 Å². The van der Waals surface area contributed by atoms with Crippen LogP contribution in [0.4, 0.5) is 11.4 Å². The molecular formula is C13H8Cl2N2O4. The smallest absolute Gasteiger partial charge is 0.296 e. The highest BCUT2D eigenvalue weighted by Gasteiger charge is 2.21. The topological polar surface area (TPSA) is 92.5 Å². The molecule has 6 nitrogen and oxygen atoms in total. The Morgan fingerprint density at radius 1 is 1.24 bits per heavy atom. The van der Waals surface area contributed by atoms with E-state index < -0.39 is 22.3 Å². The fourth-order valence-corrected chi connectivity index (χ4v) is 2.16. The van der Waals surface area contributed by atoms with Crippen LogP contribution >= 0.6 is 23.2 Å². The van der Waals surface area contributed by atoms with Crippen molar-refractivity contribution in [2.45, 2.75) is 0 Å². The van der Waals surface area contributed by atoms with Crippen molar-refractivity contribution < 1.29 is 14.8 Å². The molecule has 0 atom stereocenters. The first kappa shape index (κ1) is 15.1. The second kappa shape index (κ2) is 5.99. The van der Waals surface area contributed by atoms with E-state index in [9.17, 15) is 20.0 Å². The van der Waals surface area contributed by atoms with Crippen molar-refractivity contribution in [2.24, 2.45) is 0 Å². The van der Waals surface area contributed by atoms with Crippen molar-refractivity contribution >= 4 is 40.5 Å². The highest BCUT2D eigenvalue weighted by molar-refractivity contribution is 6.37. The number of para-hydroxylation sites is 1. The lowest BCUT2D eigenvalue weighted by molar-refractivity contribution is -0.384. The molecule has 0 fully saturated rings. The molecule has 2 aromatic carbocycles. The number of amides is 1. The summed E-state index contributed by atoms with van der Waals surface area (Å²) in [5.41, 5.74) is -0.634. The van der Waals surface area contributed by atoms with Crippen molar-refractivity contribution in [3.63, 3.8) is 0 Å². The zero-order valence-electron chi connectivity index (χ0n) is 10.3. The van der Waals surface area contributed by atoms with Crippen molar-refractivity contribution in [1.29, 1.82) is 0 Å². The van der Waals surface area contributed by atoms with E-state index in [-0.39, 0.29) is 16.3 Å². The molecule has 2 rings (SSSR count). The van der Waals surface area contributed by atoms with E-state index in [0.717, 1.165) is 0 Å². The lowest BCUT2D eigenvalue weighted by Crippen LogP contribution is -2.13.